The number of hydrogen-bond acceptors (Lipinski definition) is 5. The summed E-state index contributed by atoms with van der Waals surface area (Å²) in [5.74, 6) is -4.88. The number of rotatable bonds is 5. The standard InChI is InChI=1S/C20H20N4O4.C2HF3O2/c1-23(14-8-6-12(7-9-14)18(21)22)20(28)16-10-13-4-2-3-5-15(13)19(27)24(16)11-17(25)26;3-2(4,5)1(6)7/h2-9,16H,10-11H2,1H3,(H3,21,22)(H,25,26);(H,6,7). The van der Waals surface area contributed by atoms with Crippen LogP contribution in [0.25, 0.3) is 0 Å². The molecule has 0 saturated heterocycles. The molecule has 0 fully saturated rings. The number of nitrogens with one attached hydrogen (secondary N) is 1. The first-order valence-electron chi connectivity index (χ1n) is 9.86. The molecule has 186 valence electrons. The van der Waals surface area contributed by atoms with Gasteiger partial charge in [0.1, 0.15) is 18.4 Å². The van der Waals surface area contributed by atoms with Gasteiger partial charge in [-0.05, 0) is 35.9 Å². The minimum Gasteiger partial charge on any atom is -0.480 e. The van der Waals surface area contributed by atoms with E-state index in [0.717, 1.165) is 4.90 Å². The number of amides is 2. The summed E-state index contributed by atoms with van der Waals surface area (Å²) in [5.41, 5.74) is 7.66. The molecule has 3 rings (SSSR count). The van der Waals surface area contributed by atoms with Gasteiger partial charge in [0.15, 0.2) is 0 Å². The number of likely N-dealkylation sites (N-methyl/N-ethyl adjacent to an activating group) is 1. The Morgan fingerprint density at radius 1 is 1.11 bits per heavy atom. The number of carbonyl (C=O) groups is 4. The topological polar surface area (TPSA) is 165 Å². The fourth-order valence-corrected chi connectivity index (χ4v) is 3.29. The molecule has 1 aliphatic heterocycles. The Labute approximate surface area is 196 Å². The molecule has 10 nitrogen and oxygen atoms in total. The fourth-order valence-electron chi connectivity index (χ4n) is 3.29. The zero-order chi connectivity index (χ0) is 26.5. The zero-order valence-corrected chi connectivity index (χ0v) is 18.2. The third kappa shape index (κ3) is 6.56. The minimum atomic E-state index is -5.08. The molecule has 0 aliphatic carbocycles. The van der Waals surface area contributed by atoms with Gasteiger partial charge in [0, 0.05) is 30.3 Å². The SMILES string of the molecule is CN(C(=O)C1Cc2ccccc2C(=O)N1CC(=O)O)c1ccc(C(=N)N)cc1.O=C(O)C(F)(F)F. The van der Waals surface area contributed by atoms with Crippen LogP contribution in [-0.2, 0) is 20.8 Å². The van der Waals surface area contributed by atoms with Crippen LogP contribution in [0.5, 0.6) is 0 Å². The van der Waals surface area contributed by atoms with E-state index in [1.807, 2.05) is 0 Å². The number of anilines is 1. The second kappa shape index (κ2) is 10.7. The number of carboxylic acids is 2. The van der Waals surface area contributed by atoms with Crippen molar-refractivity contribution in [3.05, 3.63) is 65.2 Å². The van der Waals surface area contributed by atoms with E-state index in [2.05, 4.69) is 0 Å². The molecule has 2 aromatic carbocycles. The van der Waals surface area contributed by atoms with Gasteiger partial charge in [0.05, 0.1) is 0 Å². The Bertz CT molecular complexity index is 1150. The molecule has 1 heterocycles. The molecule has 1 atom stereocenters. The van der Waals surface area contributed by atoms with E-state index in [-0.39, 0.29) is 18.2 Å². The second-order valence-electron chi connectivity index (χ2n) is 7.36. The van der Waals surface area contributed by atoms with Crippen LogP contribution < -0.4 is 10.6 Å². The molecule has 0 spiro atoms. The molecular formula is C22H21F3N4O6. The monoisotopic (exact) mass is 494 g/mol. The van der Waals surface area contributed by atoms with Crippen LogP contribution in [-0.4, -0.2) is 70.5 Å². The summed E-state index contributed by atoms with van der Waals surface area (Å²) in [6.07, 6.45) is -4.84. The number of carboxylic acid groups (broad SMARTS) is 2. The molecule has 0 aromatic heterocycles. The van der Waals surface area contributed by atoms with Crippen molar-refractivity contribution < 1.29 is 42.6 Å². The van der Waals surface area contributed by atoms with Gasteiger partial charge in [-0.2, -0.15) is 13.2 Å². The first kappa shape index (κ1) is 26.8. The van der Waals surface area contributed by atoms with E-state index in [1.165, 1.54) is 4.90 Å². The van der Waals surface area contributed by atoms with Crippen LogP contribution in [0.15, 0.2) is 48.5 Å². The van der Waals surface area contributed by atoms with Crippen LogP contribution >= 0.6 is 0 Å². The predicted molar refractivity (Wildman–Crippen MR) is 117 cm³/mol. The average molecular weight is 494 g/mol. The molecule has 0 bridgehead atoms. The van der Waals surface area contributed by atoms with Crippen molar-refractivity contribution in [1.29, 1.82) is 5.41 Å². The van der Waals surface area contributed by atoms with E-state index >= 15 is 0 Å². The number of alkyl halides is 3. The number of nitrogens with zero attached hydrogens (tertiary/aromatic N) is 2. The summed E-state index contributed by atoms with van der Waals surface area (Å²) >= 11 is 0. The maximum atomic E-state index is 13.1. The molecule has 2 amide bonds. The number of nitrogens with two attached hydrogens (primary N) is 1. The lowest BCUT2D eigenvalue weighted by Crippen LogP contribution is -2.55. The van der Waals surface area contributed by atoms with Gasteiger partial charge in [-0.15, -0.1) is 0 Å². The number of hydrogen-bond donors (Lipinski definition) is 4. The molecule has 1 aliphatic rings. The smallest absolute Gasteiger partial charge is 0.480 e. The van der Waals surface area contributed by atoms with E-state index in [1.54, 1.807) is 55.6 Å². The van der Waals surface area contributed by atoms with Crippen LogP contribution in [0.3, 0.4) is 0 Å². The molecule has 1 unspecified atom stereocenters. The lowest BCUT2D eigenvalue weighted by Gasteiger charge is -2.36. The Morgan fingerprint density at radius 2 is 1.66 bits per heavy atom. The van der Waals surface area contributed by atoms with Crippen molar-refractivity contribution in [2.45, 2.75) is 18.6 Å². The highest BCUT2D eigenvalue weighted by molar-refractivity contribution is 6.05. The molecule has 0 saturated carbocycles. The lowest BCUT2D eigenvalue weighted by atomic mass is 9.92. The highest BCUT2D eigenvalue weighted by atomic mass is 19.4. The normalized spacial score (nSPS) is 14.8. The Kier molecular flexibility index (Phi) is 8.18. The summed E-state index contributed by atoms with van der Waals surface area (Å²) in [6, 6.07) is 12.5. The molecular weight excluding hydrogens is 473 g/mol. The third-order valence-corrected chi connectivity index (χ3v) is 5.03. The number of benzene rings is 2. The van der Waals surface area contributed by atoms with E-state index < -0.39 is 36.6 Å². The summed E-state index contributed by atoms with van der Waals surface area (Å²) in [4.78, 5) is 48.6. The summed E-state index contributed by atoms with van der Waals surface area (Å²) < 4.78 is 31.7. The number of nitrogen functional groups attached to an aromatic ring is 1. The molecule has 2 aromatic rings. The van der Waals surface area contributed by atoms with Crippen LogP contribution in [0, 0.1) is 5.41 Å². The number of carbonyl (C=O) groups excluding carboxylic acids is 2. The van der Waals surface area contributed by atoms with E-state index in [4.69, 9.17) is 21.0 Å². The first-order valence-corrected chi connectivity index (χ1v) is 9.86. The molecule has 35 heavy (non-hydrogen) atoms. The Hall–Kier alpha value is -4.42. The van der Waals surface area contributed by atoms with Crippen molar-refractivity contribution >= 4 is 35.3 Å². The maximum absolute atomic E-state index is 13.1. The van der Waals surface area contributed by atoms with Crippen molar-refractivity contribution in [2.75, 3.05) is 18.5 Å². The van der Waals surface area contributed by atoms with Gasteiger partial charge in [0.2, 0.25) is 5.91 Å². The van der Waals surface area contributed by atoms with E-state index in [9.17, 15) is 32.7 Å². The first-order chi connectivity index (χ1) is 16.2. The van der Waals surface area contributed by atoms with Crippen LogP contribution in [0.1, 0.15) is 21.5 Å². The number of fused-ring (bicyclic) bond motifs is 1. The fraction of sp³-hybridized carbons (Fsp3) is 0.227. The zero-order valence-electron chi connectivity index (χ0n) is 18.2. The Balaban J connectivity index is 0.000000540. The molecule has 0 radical (unpaired) electrons. The second-order valence-corrected chi connectivity index (χ2v) is 7.36. The number of halogens is 3. The van der Waals surface area contributed by atoms with Gasteiger partial charge in [-0.1, -0.05) is 18.2 Å². The third-order valence-electron chi connectivity index (χ3n) is 5.03. The largest absolute Gasteiger partial charge is 0.490 e. The summed E-state index contributed by atoms with van der Waals surface area (Å²) in [5, 5.41) is 23.8. The highest BCUT2D eigenvalue weighted by Crippen LogP contribution is 2.26. The molecule has 5 N–H and O–H groups in total. The predicted octanol–water partition coefficient (Wildman–Crippen LogP) is 1.72. The van der Waals surface area contributed by atoms with Gasteiger partial charge >= 0.3 is 18.1 Å². The summed E-state index contributed by atoms with van der Waals surface area (Å²) in [6.45, 7) is -0.555. The van der Waals surface area contributed by atoms with Crippen LogP contribution in [0.4, 0.5) is 18.9 Å². The quantitative estimate of drug-likeness (QED) is 0.363. The van der Waals surface area contributed by atoms with Crippen molar-refractivity contribution in [2.24, 2.45) is 5.73 Å². The Morgan fingerprint density at radius 3 is 2.14 bits per heavy atom. The highest BCUT2D eigenvalue weighted by Gasteiger charge is 2.39. The molecule has 13 heteroatoms. The number of amidine groups is 1. The van der Waals surface area contributed by atoms with Gasteiger partial charge in [-0.3, -0.25) is 19.8 Å². The lowest BCUT2D eigenvalue weighted by molar-refractivity contribution is -0.192. The van der Waals surface area contributed by atoms with Crippen molar-refractivity contribution in [3.63, 3.8) is 0 Å². The van der Waals surface area contributed by atoms with Gasteiger partial charge < -0.3 is 25.7 Å². The minimum absolute atomic E-state index is 0.0809. The van der Waals surface area contributed by atoms with E-state index in [0.29, 0.717) is 22.4 Å². The van der Waals surface area contributed by atoms with Gasteiger partial charge in [0.25, 0.3) is 5.91 Å². The van der Waals surface area contributed by atoms with Crippen molar-refractivity contribution in [1.82, 2.24) is 4.90 Å². The van der Waals surface area contributed by atoms with Crippen molar-refractivity contribution in [3.8, 4) is 0 Å². The van der Waals surface area contributed by atoms with Crippen LogP contribution in [0.2, 0.25) is 0 Å². The summed E-state index contributed by atoms with van der Waals surface area (Å²) in [7, 11) is 1.56. The number of aliphatic carboxylic acids is 2. The maximum Gasteiger partial charge on any atom is 0.490 e. The van der Waals surface area contributed by atoms with Gasteiger partial charge in [-0.25, -0.2) is 4.79 Å². The average Bonchev–Trinajstić information content (AvgIpc) is 2.79.